The first-order chi connectivity index (χ1) is 16.0. The second-order valence-electron chi connectivity index (χ2n) is 8.85. The molecule has 5 rings (SSSR count). The van der Waals surface area contributed by atoms with E-state index < -0.39 is 0 Å². The summed E-state index contributed by atoms with van der Waals surface area (Å²) in [6, 6.07) is 22.4. The molecule has 3 aromatic carbocycles. The Hall–Kier alpha value is -3.60. The van der Waals surface area contributed by atoms with Gasteiger partial charge in [0, 0.05) is 24.6 Å². The van der Waals surface area contributed by atoms with Crippen LogP contribution in [0.2, 0.25) is 0 Å². The summed E-state index contributed by atoms with van der Waals surface area (Å²) in [4.78, 5) is 19.9. The summed E-state index contributed by atoms with van der Waals surface area (Å²) in [5.74, 6) is 2.07. The topological polar surface area (TPSA) is 47.4 Å². The molecule has 1 amide bonds. The molecule has 0 spiro atoms. The van der Waals surface area contributed by atoms with Gasteiger partial charge < -0.3 is 14.2 Å². The molecule has 0 bridgehead atoms. The smallest absolute Gasteiger partial charge is 0.227 e. The zero-order chi connectivity index (χ0) is 22.9. The summed E-state index contributed by atoms with van der Waals surface area (Å²) in [5, 5.41) is 0. The van der Waals surface area contributed by atoms with E-state index in [4.69, 9.17) is 9.72 Å². The Labute approximate surface area is 194 Å². The van der Waals surface area contributed by atoms with Crippen molar-refractivity contribution >= 4 is 22.6 Å². The number of para-hydroxylation sites is 3. The summed E-state index contributed by atoms with van der Waals surface area (Å²) >= 11 is 0. The van der Waals surface area contributed by atoms with Crippen molar-refractivity contribution in [3.63, 3.8) is 0 Å². The molecule has 1 fully saturated rings. The lowest BCUT2D eigenvalue weighted by molar-refractivity contribution is -0.117. The number of aromatic nitrogens is 2. The van der Waals surface area contributed by atoms with Crippen LogP contribution in [0.5, 0.6) is 5.75 Å². The van der Waals surface area contributed by atoms with E-state index in [-0.39, 0.29) is 11.8 Å². The number of nitrogens with zero attached hydrogens (tertiary/aromatic N) is 3. The van der Waals surface area contributed by atoms with Crippen LogP contribution >= 0.6 is 0 Å². The van der Waals surface area contributed by atoms with Crippen LogP contribution in [0, 0.1) is 20.8 Å². The van der Waals surface area contributed by atoms with Crippen molar-refractivity contribution in [2.75, 3.05) is 18.1 Å². The molecule has 0 saturated carbocycles. The summed E-state index contributed by atoms with van der Waals surface area (Å²) in [5.41, 5.74) is 6.53. The first-order valence-corrected chi connectivity index (χ1v) is 11.5. The van der Waals surface area contributed by atoms with Crippen LogP contribution in [0.25, 0.3) is 11.0 Å². The van der Waals surface area contributed by atoms with Crippen molar-refractivity contribution in [2.45, 2.75) is 39.7 Å². The Balaban J connectivity index is 1.43. The summed E-state index contributed by atoms with van der Waals surface area (Å²) in [6.07, 6.45) is 0.468. The molecule has 1 aromatic heterocycles. The zero-order valence-corrected chi connectivity index (χ0v) is 19.4. The minimum absolute atomic E-state index is 0.0447. The van der Waals surface area contributed by atoms with E-state index in [2.05, 4.69) is 43.5 Å². The third-order valence-electron chi connectivity index (χ3n) is 6.71. The molecule has 0 radical (unpaired) electrons. The summed E-state index contributed by atoms with van der Waals surface area (Å²) in [7, 11) is 0. The number of benzene rings is 3. The van der Waals surface area contributed by atoms with E-state index in [9.17, 15) is 4.79 Å². The number of rotatable bonds is 6. The average molecular weight is 440 g/mol. The maximum absolute atomic E-state index is 13.0. The number of imidazole rings is 1. The SMILES string of the molecule is Cc1ccccc1OCCn1c(C2CC(=O)N(c3cccc(C)c3C)C2)nc2ccccc21. The van der Waals surface area contributed by atoms with E-state index in [1.807, 2.05) is 53.4 Å². The molecule has 1 aliphatic heterocycles. The fourth-order valence-corrected chi connectivity index (χ4v) is 4.75. The van der Waals surface area contributed by atoms with E-state index in [1.165, 1.54) is 5.56 Å². The van der Waals surface area contributed by atoms with Gasteiger partial charge in [-0.3, -0.25) is 4.79 Å². The fourth-order valence-electron chi connectivity index (χ4n) is 4.75. The Morgan fingerprint density at radius 3 is 2.55 bits per heavy atom. The van der Waals surface area contributed by atoms with Gasteiger partial charge in [-0.25, -0.2) is 4.98 Å². The van der Waals surface area contributed by atoms with Gasteiger partial charge in [0.1, 0.15) is 18.2 Å². The highest BCUT2D eigenvalue weighted by Crippen LogP contribution is 2.35. The Morgan fingerprint density at radius 2 is 1.70 bits per heavy atom. The van der Waals surface area contributed by atoms with Gasteiger partial charge in [-0.1, -0.05) is 42.5 Å². The molecule has 1 saturated heterocycles. The van der Waals surface area contributed by atoms with Crippen molar-refractivity contribution in [2.24, 2.45) is 0 Å². The van der Waals surface area contributed by atoms with Crippen molar-refractivity contribution < 1.29 is 9.53 Å². The largest absolute Gasteiger partial charge is 0.491 e. The predicted octanol–water partition coefficient (Wildman–Crippen LogP) is 5.56. The molecule has 1 unspecified atom stereocenters. The lowest BCUT2D eigenvalue weighted by Crippen LogP contribution is -2.25. The number of ether oxygens (including phenoxy) is 1. The molecule has 168 valence electrons. The highest BCUT2D eigenvalue weighted by atomic mass is 16.5. The number of amides is 1. The molecule has 1 atom stereocenters. The summed E-state index contributed by atoms with van der Waals surface area (Å²) in [6.45, 7) is 8.09. The molecule has 4 aromatic rings. The monoisotopic (exact) mass is 439 g/mol. The zero-order valence-electron chi connectivity index (χ0n) is 19.4. The second-order valence-corrected chi connectivity index (χ2v) is 8.85. The van der Waals surface area contributed by atoms with E-state index in [1.54, 1.807) is 0 Å². The fraction of sp³-hybridized carbons (Fsp3) is 0.286. The van der Waals surface area contributed by atoms with Gasteiger partial charge >= 0.3 is 0 Å². The van der Waals surface area contributed by atoms with Gasteiger partial charge in [0.25, 0.3) is 0 Å². The van der Waals surface area contributed by atoms with Gasteiger partial charge in [-0.2, -0.15) is 0 Å². The number of carbonyl (C=O) groups excluding carboxylic acids is 1. The second kappa shape index (κ2) is 8.74. The summed E-state index contributed by atoms with van der Waals surface area (Å²) < 4.78 is 8.33. The molecule has 5 nitrogen and oxygen atoms in total. The van der Waals surface area contributed by atoms with E-state index >= 15 is 0 Å². The Morgan fingerprint density at radius 1 is 0.939 bits per heavy atom. The molecular weight excluding hydrogens is 410 g/mol. The van der Waals surface area contributed by atoms with Gasteiger partial charge in [0.2, 0.25) is 5.91 Å². The maximum Gasteiger partial charge on any atom is 0.227 e. The van der Waals surface area contributed by atoms with Crippen molar-refractivity contribution in [1.29, 1.82) is 0 Å². The van der Waals surface area contributed by atoms with Crippen LogP contribution in [0.1, 0.15) is 34.9 Å². The van der Waals surface area contributed by atoms with E-state index in [0.29, 0.717) is 26.1 Å². The van der Waals surface area contributed by atoms with Crippen LogP contribution < -0.4 is 9.64 Å². The number of hydrogen-bond donors (Lipinski definition) is 0. The quantitative estimate of drug-likeness (QED) is 0.395. The number of aryl methyl sites for hydroxylation is 2. The van der Waals surface area contributed by atoms with Crippen molar-refractivity contribution in [3.8, 4) is 5.75 Å². The third-order valence-corrected chi connectivity index (χ3v) is 6.71. The standard InChI is InChI=1S/C28H29N3O2/c1-19-10-8-13-24(21(19)3)31-18-22(17-27(31)32)28-29-23-11-5-6-12-25(23)30(28)15-16-33-26-14-7-4-9-20(26)2/h4-14,22H,15-18H2,1-3H3. The van der Waals surface area contributed by atoms with Crippen LogP contribution in [-0.4, -0.2) is 28.6 Å². The minimum atomic E-state index is 0.0447. The van der Waals surface area contributed by atoms with Crippen LogP contribution in [0.4, 0.5) is 5.69 Å². The number of fused-ring (bicyclic) bond motifs is 1. The first kappa shape index (κ1) is 21.3. The molecule has 0 N–H and O–H groups in total. The highest BCUT2D eigenvalue weighted by Gasteiger charge is 2.35. The number of anilines is 1. The third kappa shape index (κ3) is 3.99. The average Bonchev–Trinajstić information content (AvgIpc) is 3.37. The predicted molar refractivity (Wildman–Crippen MR) is 132 cm³/mol. The van der Waals surface area contributed by atoms with Crippen molar-refractivity contribution in [3.05, 3.63) is 89.2 Å². The van der Waals surface area contributed by atoms with Crippen molar-refractivity contribution in [1.82, 2.24) is 9.55 Å². The van der Waals surface area contributed by atoms with Crippen LogP contribution in [0.3, 0.4) is 0 Å². The first-order valence-electron chi connectivity index (χ1n) is 11.5. The maximum atomic E-state index is 13.0. The highest BCUT2D eigenvalue weighted by molar-refractivity contribution is 5.97. The Bertz CT molecular complexity index is 1320. The molecule has 33 heavy (non-hydrogen) atoms. The minimum Gasteiger partial charge on any atom is -0.491 e. The molecular formula is C28H29N3O2. The molecule has 1 aliphatic rings. The van der Waals surface area contributed by atoms with Gasteiger partial charge in [-0.05, 0) is 61.7 Å². The van der Waals surface area contributed by atoms with Gasteiger partial charge in [-0.15, -0.1) is 0 Å². The van der Waals surface area contributed by atoms with Crippen LogP contribution in [-0.2, 0) is 11.3 Å². The lowest BCUT2D eigenvalue weighted by Gasteiger charge is -2.20. The van der Waals surface area contributed by atoms with Crippen LogP contribution in [0.15, 0.2) is 66.7 Å². The number of hydrogen-bond acceptors (Lipinski definition) is 3. The van der Waals surface area contributed by atoms with E-state index in [0.717, 1.165) is 39.4 Å². The Kier molecular flexibility index (Phi) is 5.63. The molecule has 5 heteroatoms. The van der Waals surface area contributed by atoms with Gasteiger partial charge in [0.15, 0.2) is 0 Å². The lowest BCUT2D eigenvalue weighted by atomic mass is 10.1. The molecule has 0 aliphatic carbocycles. The number of carbonyl (C=O) groups is 1. The van der Waals surface area contributed by atoms with Gasteiger partial charge in [0.05, 0.1) is 17.6 Å². The normalized spacial score (nSPS) is 16.0. The molecule has 2 heterocycles.